The normalized spacial score (nSPS) is 19.1. The number of rotatable bonds is 5. The molecule has 2 aliphatic heterocycles. The van der Waals surface area contributed by atoms with Crippen LogP contribution in [-0.4, -0.2) is 38.2 Å². The van der Waals surface area contributed by atoms with Crippen LogP contribution in [0.25, 0.3) is 0 Å². The number of aliphatic imine (C=N–C) groups is 1. The van der Waals surface area contributed by atoms with Crippen molar-refractivity contribution in [2.45, 2.75) is 31.3 Å². The van der Waals surface area contributed by atoms with E-state index in [0.717, 1.165) is 54.5 Å². The number of hydrogen-bond donors (Lipinski definition) is 3. The summed E-state index contributed by atoms with van der Waals surface area (Å²) in [6, 6.07) is 14.3. The summed E-state index contributed by atoms with van der Waals surface area (Å²) in [5, 5.41) is 11.7. The SMILES string of the molecule is COCCc1cccc2c1NC1(CCNCC1)C(=NCc1cccc(Cl)c1)N2. The molecule has 0 amide bonds. The molecule has 1 saturated heterocycles. The minimum Gasteiger partial charge on any atom is -0.384 e. The molecule has 0 aromatic heterocycles. The third-order valence-corrected chi connectivity index (χ3v) is 5.80. The van der Waals surface area contributed by atoms with Crippen LogP contribution in [0.15, 0.2) is 47.5 Å². The van der Waals surface area contributed by atoms with Gasteiger partial charge in [-0.15, -0.1) is 0 Å². The number of methoxy groups -OCH3 is 1. The Kier molecular flexibility index (Phi) is 5.85. The van der Waals surface area contributed by atoms with E-state index in [-0.39, 0.29) is 5.54 Å². The second-order valence-electron chi connectivity index (χ2n) is 7.46. The van der Waals surface area contributed by atoms with Gasteiger partial charge in [0.1, 0.15) is 5.84 Å². The molecule has 2 aliphatic rings. The van der Waals surface area contributed by atoms with Gasteiger partial charge in [0.05, 0.1) is 30.1 Å². The lowest BCUT2D eigenvalue weighted by atomic mass is 9.84. The third kappa shape index (κ3) is 4.02. The van der Waals surface area contributed by atoms with Gasteiger partial charge in [0, 0.05) is 12.1 Å². The highest BCUT2D eigenvalue weighted by Gasteiger charge is 2.41. The van der Waals surface area contributed by atoms with Crippen molar-refractivity contribution in [2.24, 2.45) is 4.99 Å². The summed E-state index contributed by atoms with van der Waals surface area (Å²) < 4.78 is 5.30. The van der Waals surface area contributed by atoms with E-state index in [4.69, 9.17) is 21.3 Å². The largest absolute Gasteiger partial charge is 0.384 e. The zero-order valence-electron chi connectivity index (χ0n) is 16.2. The molecule has 4 rings (SSSR count). The molecule has 0 saturated carbocycles. The lowest BCUT2D eigenvalue weighted by Gasteiger charge is -2.44. The fraction of sp³-hybridized carbons (Fsp3) is 0.409. The number of nitrogens with zero attached hydrogens (tertiary/aromatic N) is 1. The van der Waals surface area contributed by atoms with Gasteiger partial charge in [-0.2, -0.15) is 0 Å². The molecule has 2 aromatic carbocycles. The topological polar surface area (TPSA) is 57.7 Å². The number of fused-ring (bicyclic) bond motifs is 1. The number of benzene rings is 2. The first kappa shape index (κ1) is 19.2. The highest BCUT2D eigenvalue weighted by Crippen LogP contribution is 2.38. The van der Waals surface area contributed by atoms with E-state index in [1.165, 1.54) is 11.3 Å². The Morgan fingerprint density at radius 2 is 1.96 bits per heavy atom. The van der Waals surface area contributed by atoms with Crippen molar-refractivity contribution < 1.29 is 4.74 Å². The molecule has 1 spiro atoms. The second kappa shape index (κ2) is 8.52. The zero-order valence-corrected chi connectivity index (χ0v) is 17.0. The van der Waals surface area contributed by atoms with E-state index < -0.39 is 0 Å². The smallest absolute Gasteiger partial charge is 0.127 e. The molecule has 0 atom stereocenters. The Bertz CT molecular complexity index is 861. The Morgan fingerprint density at radius 3 is 2.75 bits per heavy atom. The summed E-state index contributed by atoms with van der Waals surface area (Å²) in [5.41, 5.74) is 4.50. The maximum absolute atomic E-state index is 6.14. The summed E-state index contributed by atoms with van der Waals surface area (Å²) >= 11 is 6.14. The summed E-state index contributed by atoms with van der Waals surface area (Å²) in [5.74, 6) is 1.02. The molecule has 28 heavy (non-hydrogen) atoms. The number of anilines is 2. The zero-order chi connectivity index (χ0) is 19.4. The quantitative estimate of drug-likeness (QED) is 0.710. The van der Waals surface area contributed by atoms with Gasteiger partial charge in [0.2, 0.25) is 0 Å². The van der Waals surface area contributed by atoms with Crippen LogP contribution in [0.1, 0.15) is 24.0 Å². The fourth-order valence-corrected chi connectivity index (χ4v) is 4.24. The van der Waals surface area contributed by atoms with Crippen LogP contribution in [-0.2, 0) is 17.7 Å². The maximum atomic E-state index is 6.14. The van der Waals surface area contributed by atoms with E-state index in [0.29, 0.717) is 13.2 Å². The fourth-order valence-electron chi connectivity index (χ4n) is 4.03. The molecule has 2 aromatic rings. The molecule has 1 fully saturated rings. The number of amidine groups is 1. The lowest BCUT2D eigenvalue weighted by molar-refractivity contribution is 0.202. The van der Waals surface area contributed by atoms with Crippen LogP contribution in [0.2, 0.25) is 5.02 Å². The summed E-state index contributed by atoms with van der Waals surface area (Å²) in [6.07, 6.45) is 2.87. The average Bonchev–Trinajstić information content (AvgIpc) is 2.71. The van der Waals surface area contributed by atoms with Gasteiger partial charge in [0.25, 0.3) is 0 Å². The van der Waals surface area contributed by atoms with Gasteiger partial charge in [-0.1, -0.05) is 35.9 Å². The van der Waals surface area contributed by atoms with Crippen LogP contribution in [0.5, 0.6) is 0 Å². The highest BCUT2D eigenvalue weighted by atomic mass is 35.5. The van der Waals surface area contributed by atoms with E-state index in [1.807, 2.05) is 18.2 Å². The highest BCUT2D eigenvalue weighted by molar-refractivity contribution is 6.30. The monoisotopic (exact) mass is 398 g/mol. The van der Waals surface area contributed by atoms with E-state index in [2.05, 4.69) is 40.2 Å². The van der Waals surface area contributed by atoms with Crippen molar-refractivity contribution >= 4 is 28.8 Å². The Morgan fingerprint density at radius 1 is 1.14 bits per heavy atom. The number of hydrogen-bond acceptors (Lipinski definition) is 4. The van der Waals surface area contributed by atoms with Crippen LogP contribution in [0.4, 0.5) is 11.4 Å². The van der Waals surface area contributed by atoms with Gasteiger partial charge in [-0.25, -0.2) is 0 Å². The Labute approximate surface area is 171 Å². The van der Waals surface area contributed by atoms with Crippen molar-refractivity contribution in [2.75, 3.05) is 37.4 Å². The lowest BCUT2D eigenvalue weighted by Crippen LogP contribution is -2.58. The first-order valence-corrected chi connectivity index (χ1v) is 10.2. The molecule has 0 bridgehead atoms. The van der Waals surface area contributed by atoms with Gasteiger partial charge in [-0.3, -0.25) is 4.99 Å². The van der Waals surface area contributed by atoms with E-state index in [1.54, 1.807) is 7.11 Å². The van der Waals surface area contributed by atoms with E-state index in [9.17, 15) is 0 Å². The van der Waals surface area contributed by atoms with Crippen LogP contribution in [0, 0.1) is 0 Å². The molecule has 148 valence electrons. The Hall–Kier alpha value is -2.08. The molecule has 0 radical (unpaired) electrons. The van der Waals surface area contributed by atoms with Crippen molar-refractivity contribution in [3.05, 3.63) is 58.6 Å². The number of halogens is 1. The van der Waals surface area contributed by atoms with E-state index >= 15 is 0 Å². The second-order valence-corrected chi connectivity index (χ2v) is 7.90. The average molecular weight is 399 g/mol. The first-order chi connectivity index (χ1) is 13.7. The first-order valence-electron chi connectivity index (χ1n) is 9.86. The summed E-state index contributed by atoms with van der Waals surface area (Å²) in [6.45, 7) is 3.27. The number of ether oxygens (including phenoxy) is 1. The Balaban J connectivity index is 1.67. The predicted octanol–water partition coefficient (Wildman–Crippen LogP) is 4.09. The standard InChI is InChI=1S/C22H27ClN4O/c1-28-13-8-17-5-3-7-19-20(17)27-22(9-11-24-12-10-22)21(26-19)25-15-16-4-2-6-18(23)14-16/h2-7,14,24,27H,8-13,15H2,1H3,(H,25,26). The number of nitrogens with one attached hydrogen (secondary N) is 3. The third-order valence-electron chi connectivity index (χ3n) is 5.56. The predicted molar refractivity (Wildman–Crippen MR) is 117 cm³/mol. The molecule has 0 aliphatic carbocycles. The van der Waals surface area contributed by atoms with Gasteiger partial charge < -0.3 is 20.7 Å². The van der Waals surface area contributed by atoms with Crippen molar-refractivity contribution in [1.82, 2.24) is 5.32 Å². The van der Waals surface area contributed by atoms with Crippen LogP contribution >= 0.6 is 11.6 Å². The van der Waals surface area contributed by atoms with Crippen molar-refractivity contribution in [1.29, 1.82) is 0 Å². The summed E-state index contributed by atoms with van der Waals surface area (Å²) in [4.78, 5) is 4.99. The van der Waals surface area contributed by atoms with Crippen molar-refractivity contribution in [3.63, 3.8) is 0 Å². The maximum Gasteiger partial charge on any atom is 0.127 e. The van der Waals surface area contributed by atoms with Gasteiger partial charge in [-0.05, 0) is 61.7 Å². The van der Waals surface area contributed by atoms with Crippen LogP contribution in [0.3, 0.4) is 0 Å². The molecular formula is C22H27ClN4O. The molecule has 0 unspecified atom stereocenters. The molecule has 6 heteroatoms. The summed E-state index contributed by atoms with van der Waals surface area (Å²) in [7, 11) is 1.75. The number of para-hydroxylation sites is 1. The van der Waals surface area contributed by atoms with Crippen molar-refractivity contribution in [3.8, 4) is 0 Å². The van der Waals surface area contributed by atoms with Gasteiger partial charge in [0.15, 0.2) is 0 Å². The molecular weight excluding hydrogens is 372 g/mol. The number of piperidine rings is 1. The van der Waals surface area contributed by atoms with Gasteiger partial charge >= 0.3 is 0 Å². The minimum absolute atomic E-state index is 0.167. The minimum atomic E-state index is -0.167. The molecule has 3 N–H and O–H groups in total. The molecule has 5 nitrogen and oxygen atoms in total. The van der Waals surface area contributed by atoms with Crippen LogP contribution < -0.4 is 16.0 Å². The molecule has 2 heterocycles.